The first kappa shape index (κ1) is 21.0. The third-order valence-electron chi connectivity index (χ3n) is 4.36. The van der Waals surface area contributed by atoms with Crippen LogP contribution in [0.3, 0.4) is 0 Å². The van der Waals surface area contributed by atoms with E-state index in [1.165, 1.54) is 19.1 Å². The Morgan fingerprint density at radius 3 is 2.70 bits per heavy atom. The van der Waals surface area contributed by atoms with Crippen LogP contribution in [0.15, 0.2) is 18.2 Å². The van der Waals surface area contributed by atoms with Crippen LogP contribution in [0.2, 0.25) is 5.02 Å². The topological polar surface area (TPSA) is 105 Å². The molecule has 1 aromatic carbocycles. The third kappa shape index (κ3) is 5.11. The van der Waals surface area contributed by atoms with Crippen molar-refractivity contribution in [2.45, 2.75) is 25.3 Å². The van der Waals surface area contributed by atoms with Gasteiger partial charge in [0, 0.05) is 25.1 Å². The second-order valence-electron chi connectivity index (χ2n) is 6.78. The number of nitrogens with one attached hydrogen (secondary N) is 1. The largest absolute Gasteiger partial charge is 0.495 e. The molecule has 27 heavy (non-hydrogen) atoms. The predicted octanol–water partition coefficient (Wildman–Crippen LogP) is 1.70. The van der Waals surface area contributed by atoms with E-state index in [4.69, 9.17) is 26.2 Å². The van der Waals surface area contributed by atoms with Crippen molar-refractivity contribution in [3.8, 4) is 5.75 Å². The summed E-state index contributed by atoms with van der Waals surface area (Å²) >= 11 is 6.03. The predicted molar refractivity (Wildman–Crippen MR) is 99.1 cm³/mol. The zero-order chi connectivity index (χ0) is 20.2. The summed E-state index contributed by atoms with van der Waals surface area (Å²) in [6.07, 6.45) is -0.281. The first-order valence-corrected chi connectivity index (χ1v) is 8.73. The maximum atomic E-state index is 12.7. The molecule has 1 aromatic rings. The summed E-state index contributed by atoms with van der Waals surface area (Å²) < 4.78 is 10.3. The van der Waals surface area contributed by atoms with Crippen LogP contribution < -0.4 is 15.0 Å². The molecule has 2 amide bonds. The average Bonchev–Trinajstić information content (AvgIpc) is 2.95. The molecule has 0 bridgehead atoms. The van der Waals surface area contributed by atoms with E-state index < -0.39 is 23.3 Å². The lowest BCUT2D eigenvalue weighted by Crippen LogP contribution is -2.52. The van der Waals surface area contributed by atoms with Crippen molar-refractivity contribution in [1.82, 2.24) is 5.32 Å². The molecular weight excluding hydrogens is 376 g/mol. The fourth-order valence-corrected chi connectivity index (χ4v) is 3.34. The molecule has 148 valence electrons. The minimum absolute atomic E-state index is 0.0115. The van der Waals surface area contributed by atoms with Gasteiger partial charge in [-0.2, -0.15) is 0 Å². The second-order valence-corrected chi connectivity index (χ2v) is 7.21. The maximum Gasteiger partial charge on any atom is 0.305 e. The normalized spacial score (nSPS) is 18.9. The molecule has 1 aliphatic rings. The van der Waals surface area contributed by atoms with E-state index in [-0.39, 0.29) is 31.9 Å². The molecule has 9 heteroatoms. The quantitative estimate of drug-likeness (QED) is 0.690. The summed E-state index contributed by atoms with van der Waals surface area (Å²) in [4.78, 5) is 37.7. The molecule has 1 heterocycles. The van der Waals surface area contributed by atoms with Gasteiger partial charge in [-0.25, -0.2) is 0 Å². The highest BCUT2D eigenvalue weighted by Gasteiger charge is 2.39. The Bertz CT molecular complexity index is 741. The Kier molecular flexibility index (Phi) is 6.67. The molecule has 0 saturated carbocycles. The smallest absolute Gasteiger partial charge is 0.305 e. The Hall–Kier alpha value is -2.32. The summed E-state index contributed by atoms with van der Waals surface area (Å²) in [5, 5.41) is 12.2. The minimum Gasteiger partial charge on any atom is -0.495 e. The molecule has 2 unspecified atom stereocenters. The van der Waals surface area contributed by atoms with Crippen molar-refractivity contribution in [3.05, 3.63) is 23.2 Å². The van der Waals surface area contributed by atoms with Crippen LogP contribution in [-0.4, -0.2) is 55.8 Å². The van der Waals surface area contributed by atoms with Crippen LogP contribution >= 0.6 is 11.6 Å². The van der Waals surface area contributed by atoms with Crippen molar-refractivity contribution in [1.29, 1.82) is 0 Å². The van der Waals surface area contributed by atoms with Crippen LogP contribution in [0.1, 0.15) is 19.8 Å². The fourth-order valence-electron chi connectivity index (χ4n) is 3.17. The van der Waals surface area contributed by atoms with Gasteiger partial charge in [0.05, 0.1) is 37.3 Å². The number of hydrogen-bond donors (Lipinski definition) is 2. The number of methoxy groups -OCH3 is 2. The molecule has 8 nitrogen and oxygen atoms in total. The highest BCUT2D eigenvalue weighted by atomic mass is 35.5. The van der Waals surface area contributed by atoms with E-state index in [0.29, 0.717) is 16.5 Å². The number of anilines is 1. The van der Waals surface area contributed by atoms with Gasteiger partial charge in [-0.15, -0.1) is 0 Å². The van der Waals surface area contributed by atoms with Crippen molar-refractivity contribution >= 4 is 35.1 Å². The van der Waals surface area contributed by atoms with Gasteiger partial charge in [0.15, 0.2) is 0 Å². The standard InChI is InChI=1S/C18H23ClN2O6/c1-18(10-26-2,8-16(23)24)20-17(25)11-6-15(22)21(9-11)13-7-12(19)4-5-14(13)27-3/h4-5,7,11H,6,8-10H2,1-3H3,(H,20,25)(H,23,24). The lowest BCUT2D eigenvalue weighted by atomic mass is 9.97. The van der Waals surface area contributed by atoms with E-state index in [0.717, 1.165) is 0 Å². The number of nitrogens with zero attached hydrogens (tertiary/aromatic N) is 1. The van der Waals surface area contributed by atoms with Crippen LogP contribution in [0.25, 0.3) is 0 Å². The second kappa shape index (κ2) is 8.58. The van der Waals surface area contributed by atoms with Gasteiger partial charge in [0.25, 0.3) is 0 Å². The lowest BCUT2D eigenvalue weighted by Gasteiger charge is -2.29. The number of carboxylic acid groups (broad SMARTS) is 1. The van der Waals surface area contributed by atoms with E-state index in [9.17, 15) is 14.4 Å². The zero-order valence-corrected chi connectivity index (χ0v) is 16.2. The molecule has 0 spiro atoms. The van der Waals surface area contributed by atoms with Gasteiger partial charge in [-0.3, -0.25) is 14.4 Å². The van der Waals surface area contributed by atoms with Crippen molar-refractivity contribution in [2.75, 3.05) is 32.3 Å². The average molecular weight is 399 g/mol. The molecule has 1 aliphatic heterocycles. The molecule has 2 N–H and O–H groups in total. The Balaban J connectivity index is 2.15. The summed E-state index contributed by atoms with van der Waals surface area (Å²) in [5.41, 5.74) is -0.572. The first-order valence-electron chi connectivity index (χ1n) is 8.36. The molecule has 0 aromatic heterocycles. The number of benzene rings is 1. The number of aliphatic carboxylic acids is 1. The van der Waals surface area contributed by atoms with Gasteiger partial charge >= 0.3 is 5.97 Å². The van der Waals surface area contributed by atoms with Crippen molar-refractivity contribution in [3.63, 3.8) is 0 Å². The summed E-state index contributed by atoms with van der Waals surface area (Å²) in [6.45, 7) is 1.78. The molecule has 2 rings (SSSR count). The number of carbonyl (C=O) groups is 3. The van der Waals surface area contributed by atoms with Crippen molar-refractivity contribution < 1.29 is 29.0 Å². The number of halogens is 1. The molecular formula is C18H23ClN2O6. The number of amides is 2. The van der Waals surface area contributed by atoms with Crippen LogP contribution in [0.4, 0.5) is 5.69 Å². The summed E-state index contributed by atoms with van der Waals surface area (Å²) in [5.74, 6) is -1.83. The minimum atomic E-state index is -1.07. The number of ether oxygens (including phenoxy) is 2. The number of carbonyl (C=O) groups excluding carboxylic acids is 2. The van der Waals surface area contributed by atoms with Gasteiger partial charge in [-0.1, -0.05) is 11.6 Å². The Morgan fingerprint density at radius 1 is 1.41 bits per heavy atom. The van der Waals surface area contributed by atoms with Crippen LogP contribution in [0, 0.1) is 5.92 Å². The molecule has 2 atom stereocenters. The number of rotatable bonds is 8. The van der Waals surface area contributed by atoms with Gasteiger partial charge < -0.3 is 24.8 Å². The Labute approximate surface area is 162 Å². The van der Waals surface area contributed by atoms with E-state index in [1.54, 1.807) is 25.1 Å². The molecule has 0 aliphatic carbocycles. The number of carboxylic acids is 1. The fraction of sp³-hybridized carbons (Fsp3) is 0.500. The van der Waals surface area contributed by atoms with E-state index >= 15 is 0 Å². The third-order valence-corrected chi connectivity index (χ3v) is 4.59. The van der Waals surface area contributed by atoms with Crippen LogP contribution in [-0.2, 0) is 19.1 Å². The van der Waals surface area contributed by atoms with Gasteiger partial charge in [0.1, 0.15) is 5.75 Å². The lowest BCUT2D eigenvalue weighted by molar-refractivity contribution is -0.140. The zero-order valence-electron chi connectivity index (χ0n) is 15.5. The van der Waals surface area contributed by atoms with Crippen LogP contribution in [0.5, 0.6) is 5.75 Å². The molecule has 0 radical (unpaired) electrons. The maximum absolute atomic E-state index is 12.7. The van der Waals surface area contributed by atoms with Gasteiger partial charge in [-0.05, 0) is 25.1 Å². The summed E-state index contributed by atoms with van der Waals surface area (Å²) in [6, 6.07) is 4.91. The SMILES string of the molecule is COCC(C)(CC(=O)O)NC(=O)C1CC(=O)N(c2cc(Cl)ccc2OC)C1. The highest BCUT2D eigenvalue weighted by molar-refractivity contribution is 6.31. The summed E-state index contributed by atoms with van der Waals surface area (Å²) in [7, 11) is 2.91. The Morgan fingerprint density at radius 2 is 2.11 bits per heavy atom. The molecule has 1 saturated heterocycles. The first-order chi connectivity index (χ1) is 12.7. The highest BCUT2D eigenvalue weighted by Crippen LogP contribution is 2.35. The van der Waals surface area contributed by atoms with E-state index in [1.807, 2.05) is 0 Å². The van der Waals surface area contributed by atoms with Gasteiger partial charge in [0.2, 0.25) is 11.8 Å². The number of hydrogen-bond acceptors (Lipinski definition) is 5. The monoisotopic (exact) mass is 398 g/mol. The van der Waals surface area contributed by atoms with Crippen molar-refractivity contribution in [2.24, 2.45) is 5.92 Å². The van der Waals surface area contributed by atoms with E-state index in [2.05, 4.69) is 5.32 Å². The molecule has 1 fully saturated rings.